The Hall–Kier alpha value is -2.42. The first kappa shape index (κ1) is 18.9. The Balaban J connectivity index is 1.66. The molecule has 0 aliphatic carbocycles. The third-order valence-corrected chi connectivity index (χ3v) is 5.69. The molecule has 0 atom stereocenters. The smallest absolute Gasteiger partial charge is 0.214 e. The van der Waals surface area contributed by atoms with Crippen molar-refractivity contribution in [2.24, 2.45) is 0 Å². The molecule has 0 fully saturated rings. The van der Waals surface area contributed by atoms with Crippen LogP contribution >= 0.6 is 23.4 Å². The summed E-state index contributed by atoms with van der Waals surface area (Å²) >= 11 is 7.65. The number of hydrogen-bond acceptors (Lipinski definition) is 6. The van der Waals surface area contributed by atoms with E-state index in [0.717, 1.165) is 33.7 Å². The summed E-state index contributed by atoms with van der Waals surface area (Å²) in [5, 5.41) is 23.0. The highest BCUT2D eigenvalue weighted by Gasteiger charge is 2.16. The zero-order valence-corrected chi connectivity index (χ0v) is 17.1. The number of thioether (sulfide) groups is 1. The van der Waals surface area contributed by atoms with Crippen LogP contribution in [-0.4, -0.2) is 41.5 Å². The van der Waals surface area contributed by atoms with E-state index in [1.54, 1.807) is 4.68 Å². The van der Waals surface area contributed by atoms with Crippen LogP contribution in [0.2, 0.25) is 5.02 Å². The van der Waals surface area contributed by atoms with Crippen molar-refractivity contribution in [1.82, 2.24) is 29.8 Å². The summed E-state index contributed by atoms with van der Waals surface area (Å²) in [7, 11) is 0. The molecule has 2 aromatic heterocycles. The minimum atomic E-state index is 0.0236. The number of para-hydroxylation sites is 1. The first-order chi connectivity index (χ1) is 13.6. The fraction of sp³-hybridized carbons (Fsp3) is 0.263. The number of tetrazole rings is 1. The Morgan fingerprint density at radius 2 is 1.93 bits per heavy atom. The van der Waals surface area contributed by atoms with Gasteiger partial charge in [0.15, 0.2) is 0 Å². The highest BCUT2D eigenvalue weighted by Crippen LogP contribution is 2.28. The summed E-state index contributed by atoms with van der Waals surface area (Å²) in [5.41, 5.74) is 4.97. The molecule has 28 heavy (non-hydrogen) atoms. The van der Waals surface area contributed by atoms with Gasteiger partial charge in [0.2, 0.25) is 5.16 Å². The molecule has 0 amide bonds. The van der Waals surface area contributed by atoms with Gasteiger partial charge in [-0.05, 0) is 53.6 Å². The normalized spacial score (nSPS) is 11.4. The minimum Gasteiger partial charge on any atom is -0.395 e. The minimum absolute atomic E-state index is 0.0236. The molecule has 2 aromatic carbocycles. The fourth-order valence-electron chi connectivity index (χ4n) is 3.28. The van der Waals surface area contributed by atoms with Crippen LogP contribution in [0.4, 0.5) is 0 Å². The Morgan fingerprint density at radius 1 is 1.14 bits per heavy atom. The molecule has 0 aliphatic rings. The van der Waals surface area contributed by atoms with Crippen LogP contribution in [0.15, 0.2) is 41.6 Å². The number of imidazole rings is 1. The third-order valence-electron chi connectivity index (χ3n) is 4.54. The highest BCUT2D eigenvalue weighted by atomic mass is 35.5. The van der Waals surface area contributed by atoms with Gasteiger partial charge in [-0.2, -0.15) is 4.68 Å². The van der Waals surface area contributed by atoms with Gasteiger partial charge in [0.05, 0.1) is 29.1 Å². The van der Waals surface area contributed by atoms with E-state index in [1.807, 2.05) is 54.8 Å². The number of aliphatic hydroxyl groups is 1. The second-order valence-electron chi connectivity index (χ2n) is 6.44. The maximum Gasteiger partial charge on any atom is 0.214 e. The van der Waals surface area contributed by atoms with Crippen molar-refractivity contribution in [2.45, 2.75) is 31.3 Å². The van der Waals surface area contributed by atoms with Crippen molar-refractivity contribution in [1.29, 1.82) is 0 Å². The Morgan fingerprint density at radius 3 is 2.68 bits per heavy atom. The zero-order valence-electron chi connectivity index (χ0n) is 15.5. The quantitative estimate of drug-likeness (QED) is 0.486. The van der Waals surface area contributed by atoms with Gasteiger partial charge in [-0.3, -0.25) is 0 Å². The van der Waals surface area contributed by atoms with Crippen molar-refractivity contribution in [3.05, 3.63) is 58.4 Å². The molecule has 1 N–H and O–H groups in total. The van der Waals surface area contributed by atoms with Crippen LogP contribution < -0.4 is 0 Å². The molecule has 4 aromatic rings. The summed E-state index contributed by atoms with van der Waals surface area (Å²) in [5.74, 6) is 1.41. The van der Waals surface area contributed by atoms with E-state index >= 15 is 0 Å². The summed E-state index contributed by atoms with van der Waals surface area (Å²) in [6, 6.07) is 11.7. The number of aromatic nitrogens is 6. The molecule has 0 bridgehead atoms. The van der Waals surface area contributed by atoms with Gasteiger partial charge in [-0.15, -0.1) is 5.10 Å². The zero-order chi connectivity index (χ0) is 19.7. The van der Waals surface area contributed by atoms with Gasteiger partial charge in [-0.1, -0.05) is 41.6 Å². The van der Waals surface area contributed by atoms with Gasteiger partial charge >= 0.3 is 0 Å². The van der Waals surface area contributed by atoms with Crippen molar-refractivity contribution >= 4 is 34.4 Å². The number of aryl methyl sites for hydroxylation is 2. The highest BCUT2D eigenvalue weighted by molar-refractivity contribution is 7.98. The maximum atomic E-state index is 9.47. The van der Waals surface area contributed by atoms with Crippen LogP contribution in [0.5, 0.6) is 0 Å². The average Bonchev–Trinajstić information content (AvgIpc) is 3.25. The van der Waals surface area contributed by atoms with E-state index in [-0.39, 0.29) is 6.61 Å². The summed E-state index contributed by atoms with van der Waals surface area (Å²) < 4.78 is 3.76. The average molecular weight is 415 g/mol. The van der Waals surface area contributed by atoms with E-state index in [0.29, 0.717) is 22.5 Å². The van der Waals surface area contributed by atoms with E-state index in [1.165, 1.54) is 11.8 Å². The summed E-state index contributed by atoms with van der Waals surface area (Å²) in [6.07, 6.45) is 0. The molecule has 0 spiro atoms. The summed E-state index contributed by atoms with van der Waals surface area (Å²) in [6.45, 7) is 4.57. The van der Waals surface area contributed by atoms with Gasteiger partial charge in [-0.25, -0.2) is 4.98 Å². The number of rotatable bonds is 6. The number of benzene rings is 2. The lowest BCUT2D eigenvalue weighted by Gasteiger charge is -2.11. The van der Waals surface area contributed by atoms with Crippen molar-refractivity contribution in [3.63, 3.8) is 0 Å². The van der Waals surface area contributed by atoms with Crippen LogP contribution in [0.1, 0.15) is 17.0 Å². The lowest BCUT2D eigenvalue weighted by Crippen LogP contribution is -2.07. The van der Waals surface area contributed by atoms with E-state index in [9.17, 15) is 5.11 Å². The number of hydrogen-bond donors (Lipinski definition) is 1. The first-order valence-electron chi connectivity index (χ1n) is 8.82. The van der Waals surface area contributed by atoms with Gasteiger partial charge in [0.25, 0.3) is 0 Å². The number of halogens is 1. The van der Waals surface area contributed by atoms with E-state index in [2.05, 4.69) is 15.5 Å². The standard InChI is InChI=1S/C19H19ClN6OS/c1-12-4-3-5-13(2)18(12)26-19(22-23-24-26)28-11-17-21-15-7-6-14(20)10-16(15)25(17)8-9-27/h3-7,10,27H,8-9,11H2,1-2H3. The molecule has 9 heteroatoms. The topological polar surface area (TPSA) is 81.7 Å². The Bertz CT molecular complexity index is 1120. The third kappa shape index (κ3) is 3.50. The predicted octanol–water partition coefficient (Wildman–Crippen LogP) is 3.57. The molecule has 0 saturated heterocycles. The molecule has 0 saturated carbocycles. The monoisotopic (exact) mass is 414 g/mol. The van der Waals surface area contributed by atoms with Gasteiger partial charge in [0, 0.05) is 11.6 Å². The molecule has 2 heterocycles. The van der Waals surface area contributed by atoms with Gasteiger partial charge in [0.1, 0.15) is 5.82 Å². The molecule has 4 rings (SSSR count). The Kier molecular flexibility index (Phi) is 5.34. The Labute approximate surface area is 171 Å². The number of aliphatic hydroxyl groups excluding tert-OH is 1. The SMILES string of the molecule is Cc1cccc(C)c1-n1nnnc1SCc1nc2ccc(Cl)cc2n1CCO. The molecular formula is C19H19ClN6OS. The van der Waals surface area contributed by atoms with Crippen LogP contribution in [0.25, 0.3) is 16.7 Å². The molecule has 144 valence electrons. The second-order valence-corrected chi connectivity index (χ2v) is 7.82. The number of fused-ring (bicyclic) bond motifs is 1. The first-order valence-corrected chi connectivity index (χ1v) is 10.2. The van der Waals surface area contributed by atoms with Crippen LogP contribution in [-0.2, 0) is 12.3 Å². The molecule has 0 unspecified atom stereocenters. The van der Waals surface area contributed by atoms with Crippen molar-refractivity contribution < 1.29 is 5.11 Å². The molecule has 0 radical (unpaired) electrons. The number of nitrogens with zero attached hydrogens (tertiary/aromatic N) is 6. The lowest BCUT2D eigenvalue weighted by molar-refractivity contribution is 0.276. The molecular weight excluding hydrogens is 396 g/mol. The van der Waals surface area contributed by atoms with E-state index in [4.69, 9.17) is 16.6 Å². The fourth-order valence-corrected chi connectivity index (χ4v) is 4.27. The maximum absolute atomic E-state index is 9.47. The van der Waals surface area contributed by atoms with Gasteiger partial charge < -0.3 is 9.67 Å². The van der Waals surface area contributed by atoms with Crippen molar-refractivity contribution in [3.8, 4) is 5.69 Å². The largest absolute Gasteiger partial charge is 0.395 e. The molecule has 7 nitrogen and oxygen atoms in total. The van der Waals surface area contributed by atoms with Crippen molar-refractivity contribution in [2.75, 3.05) is 6.61 Å². The second kappa shape index (κ2) is 7.90. The summed E-state index contributed by atoms with van der Waals surface area (Å²) in [4.78, 5) is 4.70. The van der Waals surface area contributed by atoms with E-state index < -0.39 is 0 Å². The molecule has 0 aliphatic heterocycles. The lowest BCUT2D eigenvalue weighted by atomic mass is 10.1. The van der Waals surface area contributed by atoms with Crippen LogP contribution in [0.3, 0.4) is 0 Å². The predicted molar refractivity (Wildman–Crippen MR) is 110 cm³/mol. The van der Waals surface area contributed by atoms with Crippen LogP contribution in [0, 0.1) is 13.8 Å².